The molecule has 0 aliphatic carbocycles. The number of hydrogen-bond acceptors (Lipinski definition) is 4. The van der Waals surface area contributed by atoms with Crippen molar-refractivity contribution in [3.63, 3.8) is 0 Å². The molecule has 2 aromatic rings. The predicted octanol–water partition coefficient (Wildman–Crippen LogP) is 3.75. The number of sulfonamides is 1. The molecule has 1 aliphatic heterocycles. The van der Waals surface area contributed by atoms with E-state index in [0.717, 1.165) is 46.8 Å². The Morgan fingerprint density at radius 2 is 1.47 bits per heavy atom. The zero-order valence-electron chi connectivity index (χ0n) is 16.2. The molecular formula is C19H16F6N2O4S. The van der Waals surface area contributed by atoms with Crippen LogP contribution in [0.15, 0.2) is 53.4 Å². The number of alkyl halides is 6. The van der Waals surface area contributed by atoms with E-state index < -0.39 is 44.7 Å². The van der Waals surface area contributed by atoms with E-state index in [4.69, 9.17) is 0 Å². The predicted molar refractivity (Wildman–Crippen MR) is 99.2 cm³/mol. The smallest absolute Gasteiger partial charge is 0.406 e. The van der Waals surface area contributed by atoms with Gasteiger partial charge in [0.25, 0.3) is 5.91 Å². The van der Waals surface area contributed by atoms with E-state index in [1.807, 2.05) is 0 Å². The summed E-state index contributed by atoms with van der Waals surface area (Å²) in [6.07, 6.45) is -9.57. The molecule has 1 heterocycles. The van der Waals surface area contributed by atoms with E-state index >= 15 is 0 Å². The minimum Gasteiger partial charge on any atom is -0.406 e. The van der Waals surface area contributed by atoms with Gasteiger partial charge in [0.05, 0.1) is 10.5 Å². The second-order valence-corrected chi connectivity index (χ2v) is 8.73. The van der Waals surface area contributed by atoms with Crippen LogP contribution >= 0.6 is 0 Å². The number of halogens is 6. The molecule has 1 saturated heterocycles. The van der Waals surface area contributed by atoms with Gasteiger partial charge in [-0.05, 0) is 42.5 Å². The number of hydrogen-bond donors (Lipinski definition) is 0. The third kappa shape index (κ3) is 5.51. The minimum atomic E-state index is -4.87. The van der Waals surface area contributed by atoms with E-state index in [-0.39, 0.29) is 31.7 Å². The highest BCUT2D eigenvalue weighted by Gasteiger charge is 2.35. The molecule has 1 fully saturated rings. The summed E-state index contributed by atoms with van der Waals surface area (Å²) >= 11 is 0. The lowest BCUT2D eigenvalue weighted by molar-refractivity contribution is -0.274. The fourth-order valence-corrected chi connectivity index (χ4v) is 4.56. The van der Waals surface area contributed by atoms with Crippen molar-refractivity contribution in [1.29, 1.82) is 0 Å². The molecular weight excluding hydrogens is 466 g/mol. The van der Waals surface area contributed by atoms with Crippen molar-refractivity contribution in [1.82, 2.24) is 9.21 Å². The lowest BCUT2D eigenvalue weighted by Gasteiger charge is -2.34. The first-order chi connectivity index (χ1) is 14.8. The minimum absolute atomic E-state index is 0.0438. The normalized spacial score (nSPS) is 16.1. The van der Waals surface area contributed by atoms with Gasteiger partial charge in [-0.25, -0.2) is 8.42 Å². The van der Waals surface area contributed by atoms with Crippen LogP contribution in [0.5, 0.6) is 5.75 Å². The quantitative estimate of drug-likeness (QED) is 0.623. The Morgan fingerprint density at radius 3 is 2.00 bits per heavy atom. The van der Waals surface area contributed by atoms with Crippen LogP contribution in [0.3, 0.4) is 0 Å². The summed E-state index contributed by atoms with van der Waals surface area (Å²) in [5, 5.41) is 0. The second kappa shape index (κ2) is 8.62. The zero-order valence-corrected chi connectivity index (χ0v) is 17.0. The molecule has 0 atom stereocenters. The standard InChI is InChI=1S/C19H16F6N2O4S/c20-18(21,22)14-2-1-3-16(12-14)32(29,30)27-10-8-26(9-11-27)17(28)13-4-6-15(7-5-13)31-19(23,24)25/h1-7,12H,8-11H2. The third-order valence-corrected chi connectivity index (χ3v) is 6.55. The van der Waals surface area contributed by atoms with Crippen molar-refractivity contribution in [3.8, 4) is 5.75 Å². The van der Waals surface area contributed by atoms with Gasteiger partial charge < -0.3 is 9.64 Å². The second-order valence-electron chi connectivity index (χ2n) is 6.79. The Morgan fingerprint density at radius 1 is 0.875 bits per heavy atom. The van der Waals surface area contributed by atoms with Gasteiger partial charge in [0.2, 0.25) is 10.0 Å². The summed E-state index contributed by atoms with van der Waals surface area (Å²) in [5.74, 6) is -1.02. The van der Waals surface area contributed by atoms with E-state index in [9.17, 15) is 39.6 Å². The first-order valence-electron chi connectivity index (χ1n) is 9.10. The Bertz CT molecular complexity index is 1080. The lowest BCUT2D eigenvalue weighted by atomic mass is 10.2. The summed E-state index contributed by atoms with van der Waals surface area (Å²) in [7, 11) is -4.21. The molecule has 1 amide bonds. The highest BCUT2D eigenvalue weighted by Crippen LogP contribution is 2.31. The van der Waals surface area contributed by atoms with Crippen LogP contribution in [0.1, 0.15) is 15.9 Å². The van der Waals surface area contributed by atoms with Gasteiger partial charge in [0.15, 0.2) is 0 Å². The summed E-state index contributed by atoms with van der Waals surface area (Å²) in [4.78, 5) is 13.3. The summed E-state index contributed by atoms with van der Waals surface area (Å²) < 4.78 is 105. The van der Waals surface area contributed by atoms with E-state index in [2.05, 4.69) is 4.74 Å². The highest BCUT2D eigenvalue weighted by molar-refractivity contribution is 7.89. The Hall–Kier alpha value is -2.80. The topological polar surface area (TPSA) is 66.9 Å². The third-order valence-electron chi connectivity index (χ3n) is 4.66. The van der Waals surface area contributed by atoms with Crippen LogP contribution in [-0.4, -0.2) is 56.1 Å². The van der Waals surface area contributed by atoms with Crippen molar-refractivity contribution < 1.29 is 44.3 Å². The molecule has 0 radical (unpaired) electrons. The molecule has 0 saturated carbocycles. The molecule has 0 bridgehead atoms. The number of amides is 1. The molecule has 1 aliphatic rings. The fraction of sp³-hybridized carbons (Fsp3) is 0.316. The van der Waals surface area contributed by atoms with Gasteiger partial charge in [0.1, 0.15) is 5.75 Å². The van der Waals surface area contributed by atoms with Crippen LogP contribution in [0.2, 0.25) is 0 Å². The SMILES string of the molecule is O=C(c1ccc(OC(F)(F)F)cc1)N1CCN(S(=O)(=O)c2cccc(C(F)(F)F)c2)CC1. The summed E-state index contributed by atoms with van der Waals surface area (Å²) in [6, 6.07) is 7.64. The first-order valence-corrected chi connectivity index (χ1v) is 10.5. The number of piperazine rings is 1. The van der Waals surface area contributed by atoms with Gasteiger partial charge >= 0.3 is 12.5 Å². The zero-order chi connectivity index (χ0) is 23.7. The molecule has 2 aromatic carbocycles. The van der Waals surface area contributed by atoms with Gasteiger partial charge in [-0.3, -0.25) is 4.79 Å². The summed E-state index contributed by atoms with van der Waals surface area (Å²) in [5.41, 5.74) is -1.01. The maximum Gasteiger partial charge on any atom is 0.573 e. The maximum atomic E-state index is 12.9. The average Bonchev–Trinajstić information content (AvgIpc) is 2.72. The Labute approximate surface area is 179 Å². The summed E-state index contributed by atoms with van der Waals surface area (Å²) in [6.45, 7) is -0.394. The molecule has 32 heavy (non-hydrogen) atoms. The number of carbonyl (C=O) groups is 1. The van der Waals surface area contributed by atoms with E-state index in [0.29, 0.717) is 6.07 Å². The van der Waals surface area contributed by atoms with Gasteiger partial charge in [0, 0.05) is 31.7 Å². The van der Waals surface area contributed by atoms with Crippen molar-refractivity contribution >= 4 is 15.9 Å². The molecule has 0 N–H and O–H groups in total. The van der Waals surface area contributed by atoms with Crippen molar-refractivity contribution in [3.05, 3.63) is 59.7 Å². The van der Waals surface area contributed by atoms with Gasteiger partial charge in [-0.15, -0.1) is 13.2 Å². The molecule has 0 unspecified atom stereocenters. The first kappa shape index (κ1) is 23.9. The van der Waals surface area contributed by atoms with E-state index in [1.165, 1.54) is 4.90 Å². The molecule has 13 heteroatoms. The van der Waals surface area contributed by atoms with Gasteiger partial charge in [-0.2, -0.15) is 17.5 Å². The van der Waals surface area contributed by atoms with Crippen LogP contribution in [-0.2, 0) is 16.2 Å². The molecule has 174 valence electrons. The molecule has 6 nitrogen and oxygen atoms in total. The Kier molecular flexibility index (Phi) is 6.43. The highest BCUT2D eigenvalue weighted by atomic mass is 32.2. The maximum absolute atomic E-state index is 12.9. The van der Waals surface area contributed by atoms with Crippen molar-refractivity contribution in [2.75, 3.05) is 26.2 Å². The lowest BCUT2D eigenvalue weighted by Crippen LogP contribution is -2.50. The van der Waals surface area contributed by atoms with Gasteiger partial charge in [-0.1, -0.05) is 6.07 Å². The molecule has 3 rings (SSSR count). The van der Waals surface area contributed by atoms with E-state index in [1.54, 1.807) is 0 Å². The van der Waals surface area contributed by atoms with Crippen molar-refractivity contribution in [2.24, 2.45) is 0 Å². The monoisotopic (exact) mass is 482 g/mol. The van der Waals surface area contributed by atoms with Crippen LogP contribution < -0.4 is 4.74 Å². The average molecular weight is 482 g/mol. The molecule has 0 aromatic heterocycles. The number of carbonyl (C=O) groups excluding carboxylic acids is 1. The van der Waals surface area contributed by atoms with Crippen LogP contribution in [0.4, 0.5) is 26.3 Å². The number of ether oxygens (including phenoxy) is 1. The number of nitrogens with zero attached hydrogens (tertiary/aromatic N) is 2. The van der Waals surface area contributed by atoms with Crippen LogP contribution in [0.25, 0.3) is 0 Å². The fourth-order valence-electron chi connectivity index (χ4n) is 3.10. The largest absolute Gasteiger partial charge is 0.573 e. The number of rotatable bonds is 4. The number of benzene rings is 2. The Balaban J connectivity index is 1.66. The van der Waals surface area contributed by atoms with Crippen molar-refractivity contribution in [2.45, 2.75) is 17.4 Å². The van der Waals surface area contributed by atoms with Crippen LogP contribution in [0, 0.1) is 0 Å². The molecule has 0 spiro atoms.